The second-order valence-electron chi connectivity index (χ2n) is 4.91. The summed E-state index contributed by atoms with van der Waals surface area (Å²) in [4.78, 5) is 2.35. The maximum absolute atomic E-state index is 8.83. The van der Waals surface area contributed by atoms with Crippen LogP contribution in [0.1, 0.15) is 24.5 Å². The highest BCUT2D eigenvalue weighted by Crippen LogP contribution is 2.14. The first-order valence-corrected chi connectivity index (χ1v) is 6.60. The fourth-order valence-electron chi connectivity index (χ4n) is 2.43. The summed E-state index contributed by atoms with van der Waals surface area (Å²) in [6, 6.07) is 7.76. The van der Waals surface area contributed by atoms with E-state index in [2.05, 4.69) is 17.0 Å². The normalized spacial score (nSPS) is 22.2. The number of oxime groups is 1. The molecule has 3 N–H and O–H groups in total. The Morgan fingerprint density at radius 3 is 3.11 bits per heavy atom. The van der Waals surface area contributed by atoms with E-state index < -0.39 is 0 Å². The molecule has 0 amide bonds. The minimum absolute atomic E-state index is 0.162. The standard InChI is InChI=1S/C14H21N3O2/c1-11-9-17(7-4-8-19-11)10-12-5-2-3-6-13(12)14(15)16-18/h2-3,5-6,11,18H,4,7-10H2,1H3,(H2,15,16). The van der Waals surface area contributed by atoms with Crippen LogP contribution in [0, 0.1) is 0 Å². The van der Waals surface area contributed by atoms with E-state index in [0.29, 0.717) is 0 Å². The molecule has 0 bridgehead atoms. The summed E-state index contributed by atoms with van der Waals surface area (Å²) in [5, 5.41) is 11.9. The Bertz CT molecular complexity index is 448. The van der Waals surface area contributed by atoms with Crippen LogP contribution in [0.25, 0.3) is 0 Å². The average Bonchev–Trinajstić information content (AvgIpc) is 2.63. The van der Waals surface area contributed by atoms with E-state index >= 15 is 0 Å². The van der Waals surface area contributed by atoms with E-state index in [0.717, 1.165) is 43.8 Å². The number of nitrogens with two attached hydrogens (primary N) is 1. The van der Waals surface area contributed by atoms with Crippen molar-refractivity contribution in [1.29, 1.82) is 0 Å². The van der Waals surface area contributed by atoms with Crippen molar-refractivity contribution in [3.63, 3.8) is 0 Å². The van der Waals surface area contributed by atoms with Gasteiger partial charge in [-0.1, -0.05) is 29.4 Å². The van der Waals surface area contributed by atoms with Gasteiger partial charge in [0.2, 0.25) is 0 Å². The van der Waals surface area contributed by atoms with Crippen molar-refractivity contribution < 1.29 is 9.94 Å². The lowest BCUT2D eigenvalue weighted by Gasteiger charge is -2.22. The molecule has 1 aromatic rings. The molecule has 1 heterocycles. The van der Waals surface area contributed by atoms with Crippen molar-refractivity contribution in [2.75, 3.05) is 19.7 Å². The van der Waals surface area contributed by atoms with Gasteiger partial charge in [0.15, 0.2) is 5.84 Å². The Balaban J connectivity index is 2.14. The molecule has 5 heteroatoms. The number of rotatable bonds is 3. The number of ether oxygens (including phenoxy) is 1. The summed E-state index contributed by atoms with van der Waals surface area (Å²) >= 11 is 0. The predicted molar refractivity (Wildman–Crippen MR) is 74.3 cm³/mol. The number of hydrogen-bond acceptors (Lipinski definition) is 4. The zero-order chi connectivity index (χ0) is 13.7. The Labute approximate surface area is 113 Å². The van der Waals surface area contributed by atoms with Gasteiger partial charge in [-0.05, 0) is 18.9 Å². The van der Waals surface area contributed by atoms with E-state index in [4.69, 9.17) is 15.7 Å². The first kappa shape index (κ1) is 13.8. The first-order valence-electron chi connectivity index (χ1n) is 6.60. The fourth-order valence-corrected chi connectivity index (χ4v) is 2.43. The molecule has 1 aliphatic heterocycles. The molecule has 1 fully saturated rings. The largest absolute Gasteiger partial charge is 0.409 e. The molecular formula is C14H21N3O2. The quantitative estimate of drug-likeness (QED) is 0.374. The Morgan fingerprint density at radius 2 is 2.32 bits per heavy atom. The number of nitrogens with zero attached hydrogens (tertiary/aromatic N) is 2. The molecule has 19 heavy (non-hydrogen) atoms. The van der Waals surface area contributed by atoms with Crippen LogP contribution >= 0.6 is 0 Å². The first-order chi connectivity index (χ1) is 9.20. The van der Waals surface area contributed by atoms with Crippen molar-refractivity contribution in [2.45, 2.75) is 26.0 Å². The maximum atomic E-state index is 8.83. The highest BCUT2D eigenvalue weighted by atomic mass is 16.5. The molecule has 0 radical (unpaired) electrons. The Kier molecular flexibility index (Phi) is 4.76. The monoisotopic (exact) mass is 263 g/mol. The van der Waals surface area contributed by atoms with Gasteiger partial charge >= 0.3 is 0 Å². The summed E-state index contributed by atoms with van der Waals surface area (Å²) in [5.74, 6) is 0.162. The average molecular weight is 263 g/mol. The van der Waals surface area contributed by atoms with Gasteiger partial charge in [0, 0.05) is 31.8 Å². The number of benzene rings is 1. The molecule has 1 atom stereocenters. The second-order valence-corrected chi connectivity index (χ2v) is 4.91. The summed E-state index contributed by atoms with van der Waals surface area (Å²) in [6.45, 7) is 5.62. The summed E-state index contributed by atoms with van der Waals surface area (Å²) in [5.41, 5.74) is 7.59. The van der Waals surface area contributed by atoms with Crippen LogP contribution in [0.15, 0.2) is 29.4 Å². The van der Waals surface area contributed by atoms with Crippen molar-refractivity contribution in [3.05, 3.63) is 35.4 Å². The third-order valence-electron chi connectivity index (χ3n) is 3.33. The van der Waals surface area contributed by atoms with Crippen LogP contribution in [0.5, 0.6) is 0 Å². The van der Waals surface area contributed by atoms with Gasteiger partial charge in [-0.3, -0.25) is 4.90 Å². The zero-order valence-corrected chi connectivity index (χ0v) is 11.2. The smallest absolute Gasteiger partial charge is 0.170 e. The van der Waals surface area contributed by atoms with Crippen LogP contribution in [0.3, 0.4) is 0 Å². The Hall–Kier alpha value is -1.59. The molecule has 1 aromatic carbocycles. The molecule has 2 rings (SSSR count). The van der Waals surface area contributed by atoms with E-state index in [-0.39, 0.29) is 11.9 Å². The molecule has 1 unspecified atom stereocenters. The highest BCUT2D eigenvalue weighted by molar-refractivity contribution is 5.98. The topological polar surface area (TPSA) is 71.1 Å². The second kappa shape index (κ2) is 6.54. The molecule has 5 nitrogen and oxygen atoms in total. The zero-order valence-electron chi connectivity index (χ0n) is 11.2. The summed E-state index contributed by atoms with van der Waals surface area (Å²) in [6.07, 6.45) is 1.29. The maximum Gasteiger partial charge on any atom is 0.170 e. The van der Waals surface area contributed by atoms with Gasteiger partial charge in [0.1, 0.15) is 0 Å². The third-order valence-corrected chi connectivity index (χ3v) is 3.33. The van der Waals surface area contributed by atoms with Crippen LogP contribution < -0.4 is 5.73 Å². The van der Waals surface area contributed by atoms with Crippen LogP contribution in [0.4, 0.5) is 0 Å². The molecule has 0 aliphatic carbocycles. The fraction of sp³-hybridized carbons (Fsp3) is 0.500. The van der Waals surface area contributed by atoms with Gasteiger partial charge < -0.3 is 15.7 Å². The van der Waals surface area contributed by atoms with Gasteiger partial charge in [0.05, 0.1) is 6.10 Å². The van der Waals surface area contributed by atoms with Crippen molar-refractivity contribution in [3.8, 4) is 0 Å². The summed E-state index contributed by atoms with van der Waals surface area (Å²) < 4.78 is 5.64. The van der Waals surface area contributed by atoms with Gasteiger partial charge in [-0.25, -0.2) is 0 Å². The number of amidine groups is 1. The molecule has 0 saturated carbocycles. The molecule has 0 spiro atoms. The Morgan fingerprint density at radius 1 is 1.53 bits per heavy atom. The molecular weight excluding hydrogens is 242 g/mol. The third kappa shape index (κ3) is 3.68. The lowest BCUT2D eigenvalue weighted by atomic mass is 10.1. The van der Waals surface area contributed by atoms with Crippen LogP contribution in [0.2, 0.25) is 0 Å². The minimum Gasteiger partial charge on any atom is -0.409 e. The van der Waals surface area contributed by atoms with Gasteiger partial charge in [-0.15, -0.1) is 0 Å². The lowest BCUT2D eigenvalue weighted by Crippen LogP contribution is -2.30. The van der Waals surface area contributed by atoms with E-state index in [1.54, 1.807) is 0 Å². The van der Waals surface area contributed by atoms with Crippen molar-refractivity contribution >= 4 is 5.84 Å². The predicted octanol–water partition coefficient (Wildman–Crippen LogP) is 1.39. The molecule has 1 aliphatic rings. The van der Waals surface area contributed by atoms with E-state index in [1.807, 2.05) is 24.3 Å². The molecule has 0 aromatic heterocycles. The minimum atomic E-state index is 0.162. The van der Waals surface area contributed by atoms with E-state index in [1.165, 1.54) is 0 Å². The molecule has 104 valence electrons. The number of hydrogen-bond donors (Lipinski definition) is 2. The molecule has 1 saturated heterocycles. The van der Waals surface area contributed by atoms with E-state index in [9.17, 15) is 0 Å². The highest BCUT2D eigenvalue weighted by Gasteiger charge is 2.16. The van der Waals surface area contributed by atoms with Crippen LogP contribution in [-0.4, -0.2) is 41.7 Å². The van der Waals surface area contributed by atoms with Crippen LogP contribution in [-0.2, 0) is 11.3 Å². The van der Waals surface area contributed by atoms with Gasteiger partial charge in [0.25, 0.3) is 0 Å². The van der Waals surface area contributed by atoms with Crippen molar-refractivity contribution in [1.82, 2.24) is 4.90 Å². The van der Waals surface area contributed by atoms with Gasteiger partial charge in [-0.2, -0.15) is 0 Å². The lowest BCUT2D eigenvalue weighted by molar-refractivity contribution is 0.0668. The SMILES string of the molecule is CC1CN(Cc2ccccc2C(N)=NO)CCCO1. The summed E-state index contributed by atoms with van der Waals surface area (Å²) in [7, 11) is 0. The van der Waals surface area contributed by atoms with Crippen molar-refractivity contribution in [2.24, 2.45) is 10.9 Å².